The summed E-state index contributed by atoms with van der Waals surface area (Å²) in [6, 6.07) is 0. The highest BCUT2D eigenvalue weighted by molar-refractivity contribution is 6.12. The van der Waals surface area contributed by atoms with Gasteiger partial charge in [-0.15, -0.1) is 0 Å². The summed E-state index contributed by atoms with van der Waals surface area (Å²) in [6.45, 7) is 0.607. The largest absolute Gasteiger partial charge is 0.275 e. The first-order valence-corrected chi connectivity index (χ1v) is 5.46. The molecule has 3 rings (SSSR count). The van der Waals surface area contributed by atoms with Gasteiger partial charge in [0, 0.05) is 18.7 Å². The highest BCUT2D eigenvalue weighted by atomic mass is 16.2. The molecule has 0 aromatic heterocycles. The molecule has 1 fully saturated rings. The van der Waals surface area contributed by atoms with Gasteiger partial charge in [-0.2, -0.15) is 0 Å². The summed E-state index contributed by atoms with van der Waals surface area (Å²) in [5.41, 5.74) is 0. The van der Waals surface area contributed by atoms with Gasteiger partial charge < -0.3 is 0 Å². The van der Waals surface area contributed by atoms with Crippen LogP contribution in [0.25, 0.3) is 0 Å². The van der Waals surface area contributed by atoms with Crippen LogP contribution < -0.4 is 0 Å². The molecule has 0 N–H and O–H groups in total. The normalized spacial score (nSPS) is 37.3. The van der Waals surface area contributed by atoms with Crippen molar-refractivity contribution < 1.29 is 9.59 Å². The Kier molecular flexibility index (Phi) is 1.81. The predicted octanol–water partition coefficient (Wildman–Crippen LogP) is 1.12. The van der Waals surface area contributed by atoms with Crippen LogP contribution in [0, 0.1) is 17.8 Å². The number of hydrogen-bond donors (Lipinski definition) is 0. The SMILES string of the molecule is O=C1C=CC(=O)N1C[C@H]1C[C@@H]2C=C[C@H]1C2. The molecule has 0 saturated heterocycles. The molecule has 0 aromatic carbocycles. The molecule has 15 heavy (non-hydrogen) atoms. The maximum atomic E-state index is 11.4. The Morgan fingerprint density at radius 1 is 1.13 bits per heavy atom. The molecule has 78 valence electrons. The van der Waals surface area contributed by atoms with Crippen molar-refractivity contribution in [2.75, 3.05) is 6.54 Å². The lowest BCUT2D eigenvalue weighted by Crippen LogP contribution is -2.35. The van der Waals surface area contributed by atoms with Crippen LogP contribution in [0.4, 0.5) is 0 Å². The van der Waals surface area contributed by atoms with E-state index >= 15 is 0 Å². The predicted molar refractivity (Wildman–Crippen MR) is 54.7 cm³/mol. The molecular weight excluding hydrogens is 190 g/mol. The summed E-state index contributed by atoms with van der Waals surface area (Å²) in [4.78, 5) is 24.1. The quantitative estimate of drug-likeness (QED) is 0.498. The van der Waals surface area contributed by atoms with Crippen molar-refractivity contribution in [2.45, 2.75) is 12.8 Å². The summed E-state index contributed by atoms with van der Waals surface area (Å²) >= 11 is 0. The van der Waals surface area contributed by atoms with E-state index in [1.807, 2.05) is 0 Å². The molecule has 3 aliphatic rings. The summed E-state index contributed by atoms with van der Waals surface area (Å²) in [6.07, 6.45) is 9.60. The number of allylic oxidation sites excluding steroid dienone is 2. The standard InChI is InChI=1S/C12H13NO2/c14-11-3-4-12(15)13(11)7-10-6-8-1-2-9(10)5-8/h1-4,8-10H,5-7H2/t8-,9+,10-/m1/s1. The van der Waals surface area contributed by atoms with E-state index in [4.69, 9.17) is 0 Å². The van der Waals surface area contributed by atoms with Crippen molar-refractivity contribution in [3.05, 3.63) is 24.3 Å². The zero-order valence-corrected chi connectivity index (χ0v) is 8.43. The Morgan fingerprint density at radius 3 is 2.40 bits per heavy atom. The van der Waals surface area contributed by atoms with Gasteiger partial charge in [0.05, 0.1) is 0 Å². The topological polar surface area (TPSA) is 37.4 Å². The molecular formula is C12H13NO2. The summed E-state index contributed by atoms with van der Waals surface area (Å²) in [5, 5.41) is 0. The van der Waals surface area contributed by atoms with Gasteiger partial charge in [-0.1, -0.05) is 12.2 Å². The lowest BCUT2D eigenvalue weighted by molar-refractivity contribution is -0.137. The summed E-state index contributed by atoms with van der Waals surface area (Å²) in [5.74, 6) is 1.49. The van der Waals surface area contributed by atoms with Crippen molar-refractivity contribution in [1.82, 2.24) is 4.90 Å². The minimum Gasteiger partial charge on any atom is -0.275 e. The number of amides is 2. The number of carbonyl (C=O) groups is 2. The summed E-state index contributed by atoms with van der Waals surface area (Å²) in [7, 11) is 0. The van der Waals surface area contributed by atoms with Crippen LogP contribution in [-0.2, 0) is 9.59 Å². The molecule has 3 nitrogen and oxygen atoms in total. The highest BCUT2D eigenvalue weighted by Gasteiger charge is 2.38. The molecule has 2 bridgehead atoms. The minimum absolute atomic E-state index is 0.147. The van der Waals surface area contributed by atoms with E-state index in [0.29, 0.717) is 24.3 Å². The van der Waals surface area contributed by atoms with E-state index in [1.165, 1.54) is 23.5 Å². The molecule has 0 aromatic rings. The number of nitrogens with zero attached hydrogens (tertiary/aromatic N) is 1. The average molecular weight is 203 g/mol. The molecule has 0 radical (unpaired) electrons. The molecule has 2 amide bonds. The Labute approximate surface area is 88.4 Å². The third kappa shape index (κ3) is 1.34. The second-order valence-corrected chi connectivity index (χ2v) is 4.66. The molecule has 1 saturated carbocycles. The smallest absolute Gasteiger partial charge is 0.253 e. The van der Waals surface area contributed by atoms with Gasteiger partial charge in [-0.05, 0) is 30.6 Å². The van der Waals surface area contributed by atoms with E-state index in [2.05, 4.69) is 12.2 Å². The fourth-order valence-electron chi connectivity index (χ4n) is 2.95. The molecule has 2 aliphatic carbocycles. The highest BCUT2D eigenvalue weighted by Crippen LogP contribution is 2.43. The molecule has 3 atom stereocenters. The van der Waals surface area contributed by atoms with Gasteiger partial charge in [0.15, 0.2) is 0 Å². The van der Waals surface area contributed by atoms with Gasteiger partial charge in [0.1, 0.15) is 0 Å². The van der Waals surface area contributed by atoms with Crippen molar-refractivity contribution in [3.8, 4) is 0 Å². The first-order chi connectivity index (χ1) is 7.24. The van der Waals surface area contributed by atoms with Crippen LogP contribution in [0.3, 0.4) is 0 Å². The molecule has 3 heteroatoms. The third-order valence-corrected chi connectivity index (χ3v) is 3.73. The average Bonchev–Trinajstić information content (AvgIpc) is 2.89. The number of imide groups is 1. The van der Waals surface area contributed by atoms with Crippen molar-refractivity contribution in [2.24, 2.45) is 17.8 Å². The maximum absolute atomic E-state index is 11.4. The van der Waals surface area contributed by atoms with E-state index < -0.39 is 0 Å². The number of carbonyl (C=O) groups excluding carboxylic acids is 2. The zero-order valence-electron chi connectivity index (χ0n) is 8.43. The van der Waals surface area contributed by atoms with Gasteiger partial charge in [0.25, 0.3) is 11.8 Å². The number of fused-ring (bicyclic) bond motifs is 2. The van der Waals surface area contributed by atoms with Crippen molar-refractivity contribution in [3.63, 3.8) is 0 Å². The second kappa shape index (κ2) is 3.05. The minimum atomic E-state index is -0.147. The first-order valence-electron chi connectivity index (χ1n) is 5.46. The summed E-state index contributed by atoms with van der Waals surface area (Å²) < 4.78 is 0. The van der Waals surface area contributed by atoms with Crippen molar-refractivity contribution >= 4 is 11.8 Å². The lowest BCUT2D eigenvalue weighted by Gasteiger charge is -2.23. The van der Waals surface area contributed by atoms with Gasteiger partial charge in [0.2, 0.25) is 0 Å². The monoisotopic (exact) mass is 203 g/mol. The Morgan fingerprint density at radius 2 is 1.87 bits per heavy atom. The van der Waals surface area contributed by atoms with Crippen LogP contribution in [-0.4, -0.2) is 23.3 Å². The Hall–Kier alpha value is -1.38. The molecule has 0 spiro atoms. The molecule has 1 aliphatic heterocycles. The number of hydrogen-bond acceptors (Lipinski definition) is 2. The maximum Gasteiger partial charge on any atom is 0.253 e. The van der Waals surface area contributed by atoms with E-state index in [9.17, 15) is 9.59 Å². The lowest BCUT2D eigenvalue weighted by atomic mass is 9.93. The van der Waals surface area contributed by atoms with Crippen LogP contribution in [0.2, 0.25) is 0 Å². The number of rotatable bonds is 2. The molecule has 0 unspecified atom stereocenters. The van der Waals surface area contributed by atoms with Crippen molar-refractivity contribution in [1.29, 1.82) is 0 Å². The Bertz CT molecular complexity index is 365. The van der Waals surface area contributed by atoms with Crippen LogP contribution in [0.1, 0.15) is 12.8 Å². The van der Waals surface area contributed by atoms with Gasteiger partial charge in [-0.3, -0.25) is 14.5 Å². The van der Waals surface area contributed by atoms with E-state index in [1.54, 1.807) is 0 Å². The Balaban J connectivity index is 1.69. The fraction of sp³-hybridized carbons (Fsp3) is 0.500. The third-order valence-electron chi connectivity index (χ3n) is 3.73. The molecule has 1 heterocycles. The van der Waals surface area contributed by atoms with Crippen LogP contribution in [0.15, 0.2) is 24.3 Å². The fourth-order valence-corrected chi connectivity index (χ4v) is 2.95. The van der Waals surface area contributed by atoms with E-state index in [0.717, 1.165) is 6.42 Å². The van der Waals surface area contributed by atoms with Crippen LogP contribution >= 0.6 is 0 Å². The van der Waals surface area contributed by atoms with Gasteiger partial charge in [-0.25, -0.2) is 0 Å². The second-order valence-electron chi connectivity index (χ2n) is 4.66. The van der Waals surface area contributed by atoms with Gasteiger partial charge >= 0.3 is 0 Å². The van der Waals surface area contributed by atoms with E-state index in [-0.39, 0.29) is 11.8 Å². The zero-order chi connectivity index (χ0) is 10.4. The van der Waals surface area contributed by atoms with Crippen LogP contribution in [0.5, 0.6) is 0 Å². The first kappa shape index (κ1) is 8.89.